The van der Waals surface area contributed by atoms with Gasteiger partial charge in [-0.1, -0.05) is 6.42 Å². The van der Waals surface area contributed by atoms with Gasteiger partial charge in [-0.15, -0.1) is 0 Å². The lowest BCUT2D eigenvalue weighted by Crippen LogP contribution is -2.41. The summed E-state index contributed by atoms with van der Waals surface area (Å²) in [7, 11) is 0. The van der Waals surface area contributed by atoms with Gasteiger partial charge in [-0.05, 0) is 45.7 Å². The van der Waals surface area contributed by atoms with Crippen LogP contribution in [-0.2, 0) is 4.79 Å². The molecule has 7 heteroatoms. The van der Waals surface area contributed by atoms with Crippen LogP contribution in [0.5, 0.6) is 0 Å². The number of H-pyrrole nitrogens is 1. The molecule has 0 radical (unpaired) electrons. The number of aryl methyl sites for hydroxylation is 1. The van der Waals surface area contributed by atoms with E-state index in [0.29, 0.717) is 6.42 Å². The zero-order chi connectivity index (χ0) is 19.3. The van der Waals surface area contributed by atoms with E-state index in [4.69, 9.17) is 0 Å². The number of carbonyl (C=O) groups is 1. The molecule has 2 fully saturated rings. The van der Waals surface area contributed by atoms with E-state index in [0.717, 1.165) is 68.5 Å². The molecular weight excluding hydrogens is 352 g/mol. The third-order valence-electron chi connectivity index (χ3n) is 5.91. The maximum atomic E-state index is 12.8. The highest BCUT2D eigenvalue weighted by Crippen LogP contribution is 2.31. The van der Waals surface area contributed by atoms with E-state index in [9.17, 15) is 4.79 Å². The number of piperidine rings is 2. The molecule has 150 valence electrons. The molecule has 2 aliphatic rings. The Kier molecular flexibility index (Phi) is 6.00. The summed E-state index contributed by atoms with van der Waals surface area (Å²) >= 11 is 0. The lowest BCUT2D eigenvalue weighted by Gasteiger charge is -2.34. The zero-order valence-corrected chi connectivity index (χ0v) is 16.7. The average Bonchev–Trinajstić information content (AvgIpc) is 3.19. The molecule has 0 aromatic carbocycles. The Hall–Kier alpha value is -2.28. The highest BCUT2D eigenvalue weighted by atomic mass is 16.2. The first-order valence-corrected chi connectivity index (χ1v) is 10.5. The minimum Gasteiger partial charge on any atom is -0.342 e. The summed E-state index contributed by atoms with van der Waals surface area (Å²) in [5.74, 6) is 1.24. The first kappa shape index (κ1) is 19.1. The summed E-state index contributed by atoms with van der Waals surface area (Å²) < 4.78 is 0. The Morgan fingerprint density at radius 3 is 2.71 bits per heavy atom. The molecule has 2 saturated heterocycles. The SMILES string of the molecule is Cc1cnc(-c2nccnc2[C@@H]2CCCN(C(=O)CCN3CCCCC3)C2)[nH]1. The Bertz CT molecular complexity index is 798. The summed E-state index contributed by atoms with van der Waals surface area (Å²) in [6.45, 7) is 6.73. The number of carbonyl (C=O) groups excluding carboxylic acids is 1. The zero-order valence-electron chi connectivity index (χ0n) is 16.7. The highest BCUT2D eigenvalue weighted by Gasteiger charge is 2.28. The largest absolute Gasteiger partial charge is 0.342 e. The van der Waals surface area contributed by atoms with E-state index >= 15 is 0 Å². The molecule has 1 N–H and O–H groups in total. The predicted molar refractivity (Wildman–Crippen MR) is 108 cm³/mol. The molecule has 1 atom stereocenters. The average molecular weight is 383 g/mol. The molecule has 2 aliphatic heterocycles. The highest BCUT2D eigenvalue weighted by molar-refractivity contribution is 5.76. The third-order valence-corrected chi connectivity index (χ3v) is 5.91. The fraction of sp³-hybridized carbons (Fsp3) is 0.619. The standard InChI is InChI=1S/C21H30N6O/c1-16-14-24-21(25-16)20-19(22-8-9-23-20)17-6-5-12-27(15-17)18(28)7-13-26-10-3-2-4-11-26/h8-9,14,17H,2-7,10-13,15H2,1H3,(H,24,25)/t17-/m1/s1. The fourth-order valence-corrected chi connectivity index (χ4v) is 4.38. The number of amides is 1. The second kappa shape index (κ2) is 8.82. The van der Waals surface area contributed by atoms with E-state index in [2.05, 4.69) is 24.8 Å². The van der Waals surface area contributed by atoms with Crippen LogP contribution in [0.4, 0.5) is 0 Å². The topological polar surface area (TPSA) is 78.0 Å². The van der Waals surface area contributed by atoms with Gasteiger partial charge in [-0.2, -0.15) is 0 Å². The molecular formula is C21H30N6O. The quantitative estimate of drug-likeness (QED) is 0.860. The number of aromatic amines is 1. The van der Waals surface area contributed by atoms with Gasteiger partial charge in [0.15, 0.2) is 5.82 Å². The van der Waals surface area contributed by atoms with Crippen LogP contribution in [0.2, 0.25) is 0 Å². The normalized spacial score (nSPS) is 21.0. The van der Waals surface area contributed by atoms with Crippen LogP contribution < -0.4 is 0 Å². The van der Waals surface area contributed by atoms with Gasteiger partial charge < -0.3 is 14.8 Å². The van der Waals surface area contributed by atoms with E-state index in [1.165, 1.54) is 19.3 Å². The summed E-state index contributed by atoms with van der Waals surface area (Å²) in [6.07, 6.45) is 11.8. The van der Waals surface area contributed by atoms with Gasteiger partial charge in [-0.25, -0.2) is 9.97 Å². The van der Waals surface area contributed by atoms with Gasteiger partial charge in [0.05, 0.1) is 5.69 Å². The molecule has 2 aromatic heterocycles. The molecule has 7 nitrogen and oxygen atoms in total. The van der Waals surface area contributed by atoms with Crippen LogP contribution >= 0.6 is 0 Å². The molecule has 0 saturated carbocycles. The van der Waals surface area contributed by atoms with Gasteiger partial charge in [0, 0.05) is 56.3 Å². The number of likely N-dealkylation sites (tertiary alicyclic amines) is 2. The number of hydrogen-bond donors (Lipinski definition) is 1. The Morgan fingerprint density at radius 2 is 1.93 bits per heavy atom. The monoisotopic (exact) mass is 382 g/mol. The van der Waals surface area contributed by atoms with Crippen molar-refractivity contribution in [2.45, 2.75) is 51.4 Å². The molecule has 1 amide bonds. The van der Waals surface area contributed by atoms with Crippen molar-refractivity contribution < 1.29 is 4.79 Å². The van der Waals surface area contributed by atoms with Gasteiger partial charge in [0.2, 0.25) is 5.91 Å². The molecule has 28 heavy (non-hydrogen) atoms. The second-order valence-electron chi connectivity index (χ2n) is 8.04. The first-order chi connectivity index (χ1) is 13.7. The summed E-state index contributed by atoms with van der Waals surface area (Å²) in [4.78, 5) is 34.2. The van der Waals surface area contributed by atoms with Crippen molar-refractivity contribution in [1.29, 1.82) is 0 Å². The van der Waals surface area contributed by atoms with E-state index in [-0.39, 0.29) is 11.8 Å². The van der Waals surface area contributed by atoms with Crippen molar-refractivity contribution in [2.75, 3.05) is 32.7 Å². The van der Waals surface area contributed by atoms with Gasteiger partial charge in [0.1, 0.15) is 5.69 Å². The smallest absolute Gasteiger partial charge is 0.223 e. The lowest BCUT2D eigenvalue weighted by atomic mass is 9.92. The van der Waals surface area contributed by atoms with Gasteiger partial charge >= 0.3 is 0 Å². The van der Waals surface area contributed by atoms with Crippen LogP contribution in [0.1, 0.15) is 55.8 Å². The minimum atomic E-state index is 0.210. The second-order valence-corrected chi connectivity index (χ2v) is 8.04. The number of imidazole rings is 1. The third kappa shape index (κ3) is 4.41. The molecule has 0 unspecified atom stereocenters. The van der Waals surface area contributed by atoms with Crippen molar-refractivity contribution in [3.05, 3.63) is 30.0 Å². The number of hydrogen-bond acceptors (Lipinski definition) is 5. The maximum Gasteiger partial charge on any atom is 0.223 e. The van der Waals surface area contributed by atoms with E-state index in [1.807, 2.05) is 18.0 Å². The summed E-state index contributed by atoms with van der Waals surface area (Å²) in [6, 6.07) is 0. The van der Waals surface area contributed by atoms with Gasteiger partial charge in [0.25, 0.3) is 0 Å². The van der Waals surface area contributed by atoms with Crippen molar-refractivity contribution in [3.63, 3.8) is 0 Å². The summed E-state index contributed by atoms with van der Waals surface area (Å²) in [5.41, 5.74) is 2.76. The van der Waals surface area contributed by atoms with Crippen LogP contribution in [-0.4, -0.2) is 68.4 Å². The number of nitrogens with one attached hydrogen (secondary N) is 1. The lowest BCUT2D eigenvalue weighted by molar-refractivity contribution is -0.132. The van der Waals surface area contributed by atoms with E-state index < -0.39 is 0 Å². The van der Waals surface area contributed by atoms with E-state index in [1.54, 1.807) is 12.4 Å². The van der Waals surface area contributed by atoms with Crippen molar-refractivity contribution >= 4 is 5.91 Å². The minimum absolute atomic E-state index is 0.210. The first-order valence-electron chi connectivity index (χ1n) is 10.5. The molecule has 2 aromatic rings. The Balaban J connectivity index is 1.42. The molecule has 0 aliphatic carbocycles. The van der Waals surface area contributed by atoms with Gasteiger partial charge in [-0.3, -0.25) is 9.78 Å². The predicted octanol–water partition coefficient (Wildman–Crippen LogP) is 2.76. The van der Waals surface area contributed by atoms with Crippen LogP contribution in [0, 0.1) is 6.92 Å². The number of rotatable bonds is 5. The number of nitrogens with zero attached hydrogens (tertiary/aromatic N) is 5. The molecule has 4 rings (SSSR count). The molecule has 4 heterocycles. The number of aromatic nitrogens is 4. The van der Waals surface area contributed by atoms with Crippen molar-refractivity contribution in [1.82, 2.24) is 29.7 Å². The van der Waals surface area contributed by atoms with Crippen LogP contribution in [0.25, 0.3) is 11.5 Å². The van der Waals surface area contributed by atoms with Crippen molar-refractivity contribution in [2.24, 2.45) is 0 Å². The summed E-state index contributed by atoms with van der Waals surface area (Å²) in [5, 5.41) is 0. The molecule has 0 spiro atoms. The Morgan fingerprint density at radius 1 is 1.11 bits per heavy atom. The van der Waals surface area contributed by atoms with Crippen molar-refractivity contribution in [3.8, 4) is 11.5 Å². The van der Waals surface area contributed by atoms with Crippen LogP contribution in [0.15, 0.2) is 18.6 Å². The maximum absolute atomic E-state index is 12.8. The van der Waals surface area contributed by atoms with Crippen LogP contribution in [0.3, 0.4) is 0 Å². The Labute approximate surface area is 166 Å². The fourth-order valence-electron chi connectivity index (χ4n) is 4.38. The molecule has 0 bridgehead atoms.